The molecule has 1 aromatic heterocycles. The van der Waals surface area contributed by atoms with Crippen LogP contribution in [-0.4, -0.2) is 61.9 Å². The van der Waals surface area contributed by atoms with Gasteiger partial charge in [0.1, 0.15) is 5.78 Å². The second kappa shape index (κ2) is 18.1. The number of aryl methyl sites for hydroxylation is 1. The summed E-state index contributed by atoms with van der Waals surface area (Å²) >= 11 is 7.92. The van der Waals surface area contributed by atoms with Crippen molar-refractivity contribution >= 4 is 57.4 Å². The van der Waals surface area contributed by atoms with Crippen LogP contribution < -0.4 is 0 Å². The van der Waals surface area contributed by atoms with Crippen LogP contribution in [0.25, 0.3) is 6.08 Å². The highest BCUT2D eigenvalue weighted by molar-refractivity contribution is 7.09. The molecule has 0 aliphatic rings. The predicted molar refractivity (Wildman–Crippen MR) is 212 cm³/mol. The molecule has 0 radical (unpaired) electrons. The van der Waals surface area contributed by atoms with E-state index in [0.717, 1.165) is 30.0 Å². The third-order valence-corrected chi connectivity index (χ3v) is 21.0. The van der Waals surface area contributed by atoms with Gasteiger partial charge in [-0.15, -0.1) is 11.3 Å². The van der Waals surface area contributed by atoms with E-state index >= 15 is 0 Å². The number of aliphatic hydroxyl groups excluding tert-OH is 1. The van der Waals surface area contributed by atoms with Crippen molar-refractivity contribution in [3.63, 3.8) is 0 Å². The van der Waals surface area contributed by atoms with Crippen LogP contribution in [0.3, 0.4) is 0 Å². The van der Waals surface area contributed by atoms with E-state index in [1.165, 1.54) is 5.57 Å². The van der Waals surface area contributed by atoms with Crippen LogP contribution in [0.15, 0.2) is 22.1 Å². The van der Waals surface area contributed by atoms with Gasteiger partial charge < -0.3 is 19.1 Å². The van der Waals surface area contributed by atoms with E-state index in [-0.39, 0.29) is 34.3 Å². The standard InChI is InChI=1S/C38H68ClNO6SSi2/c1-25(20-21-31(41)30(39)22-29-24-47-28(4)40-29)18-17-19-26(2)34(46-49(15,16)37(8,9)10)27(3)35(44)38(11,12)32(23-33(42)43)45-48(13,14)36(5,6)7/h20,22,24,26-27,31-32,34,41H,17-19,21,23H2,1-16H3,(H,42,43)/t26-,27+,31-,32-,34-/m0/s1. The lowest BCUT2D eigenvalue weighted by molar-refractivity contribution is -0.146. The lowest BCUT2D eigenvalue weighted by atomic mass is 9.73. The van der Waals surface area contributed by atoms with Crippen molar-refractivity contribution in [1.29, 1.82) is 0 Å². The minimum atomic E-state index is -2.38. The van der Waals surface area contributed by atoms with Gasteiger partial charge in [0.15, 0.2) is 16.6 Å². The smallest absolute Gasteiger partial charge is 0.305 e. The lowest BCUT2D eigenvalue weighted by Gasteiger charge is -2.46. The topological polar surface area (TPSA) is 106 Å². The fourth-order valence-corrected chi connectivity index (χ4v) is 9.02. The summed E-state index contributed by atoms with van der Waals surface area (Å²) in [5.74, 6) is -1.36. The van der Waals surface area contributed by atoms with Gasteiger partial charge in [0.2, 0.25) is 0 Å². The monoisotopic (exact) mass is 757 g/mol. The number of hydrogen-bond acceptors (Lipinski definition) is 7. The molecule has 11 heteroatoms. The summed E-state index contributed by atoms with van der Waals surface area (Å²) in [6.07, 6.45) is 4.70. The van der Waals surface area contributed by atoms with Gasteiger partial charge in [0, 0.05) is 21.7 Å². The summed E-state index contributed by atoms with van der Waals surface area (Å²) in [4.78, 5) is 31.0. The van der Waals surface area contributed by atoms with E-state index < -0.39 is 46.1 Å². The third kappa shape index (κ3) is 13.7. The summed E-state index contributed by atoms with van der Waals surface area (Å²) in [6, 6.07) is 0. The highest BCUT2D eigenvalue weighted by atomic mass is 35.5. The highest BCUT2D eigenvalue weighted by Crippen LogP contribution is 2.44. The first-order chi connectivity index (χ1) is 22.0. The molecule has 1 aromatic rings. The number of carboxylic acid groups (broad SMARTS) is 1. The Morgan fingerprint density at radius 1 is 1.00 bits per heavy atom. The summed E-state index contributed by atoms with van der Waals surface area (Å²) in [6.45, 7) is 33.4. The number of aliphatic hydroxyl groups is 1. The molecule has 0 aliphatic carbocycles. The van der Waals surface area contributed by atoms with Gasteiger partial charge in [-0.3, -0.25) is 9.59 Å². The number of hydrogen-bond donors (Lipinski definition) is 2. The molecule has 0 spiro atoms. The van der Waals surface area contributed by atoms with Crippen LogP contribution in [0.4, 0.5) is 0 Å². The van der Waals surface area contributed by atoms with Gasteiger partial charge in [0.25, 0.3) is 0 Å². The van der Waals surface area contributed by atoms with Crippen molar-refractivity contribution in [3.05, 3.63) is 32.8 Å². The number of carbonyl (C=O) groups is 2. The normalized spacial score (nSPS) is 17.4. The van der Waals surface area contributed by atoms with Crippen LogP contribution in [-0.2, 0) is 18.4 Å². The third-order valence-electron chi connectivity index (χ3n) is 10.9. The SMILES string of the molecule is CC(=CC[C@H](O)C(Cl)=Cc1csc(C)n1)CCC[C@H](C)[C@H](O[Si](C)(C)C(C)(C)C)[C@@H](C)C(=O)C(C)(C)[C@H](CC(=O)O)O[Si](C)(C)C(C)(C)C. The van der Waals surface area contributed by atoms with E-state index in [1.54, 1.807) is 17.4 Å². The van der Waals surface area contributed by atoms with Gasteiger partial charge in [-0.05, 0) is 87.8 Å². The van der Waals surface area contributed by atoms with Crippen molar-refractivity contribution in [1.82, 2.24) is 4.98 Å². The van der Waals surface area contributed by atoms with Crippen molar-refractivity contribution in [2.75, 3.05) is 0 Å². The molecule has 1 rings (SSSR count). The van der Waals surface area contributed by atoms with E-state index in [0.29, 0.717) is 11.5 Å². The lowest BCUT2D eigenvalue weighted by Crippen LogP contribution is -2.54. The van der Waals surface area contributed by atoms with Gasteiger partial charge in [0.05, 0.1) is 35.4 Å². The Morgan fingerprint density at radius 3 is 2.00 bits per heavy atom. The number of rotatable bonds is 19. The van der Waals surface area contributed by atoms with Gasteiger partial charge in [-0.2, -0.15) is 0 Å². The largest absolute Gasteiger partial charge is 0.481 e. The zero-order valence-electron chi connectivity index (χ0n) is 33.4. The number of thiazole rings is 1. The number of Topliss-reactive ketones (excluding diaryl/α,β-unsaturated/α-hetero) is 1. The van der Waals surface area contributed by atoms with Crippen molar-refractivity contribution in [2.45, 2.75) is 170 Å². The van der Waals surface area contributed by atoms with E-state index in [4.69, 9.17) is 20.5 Å². The first-order valence-electron chi connectivity index (χ1n) is 17.8. The minimum absolute atomic E-state index is 0.0178. The van der Waals surface area contributed by atoms with Crippen molar-refractivity contribution in [2.24, 2.45) is 17.3 Å². The van der Waals surface area contributed by atoms with Crippen LogP contribution in [0, 0.1) is 24.2 Å². The Balaban J connectivity index is 3.20. The Kier molecular flexibility index (Phi) is 16.9. The molecule has 0 saturated heterocycles. The summed E-state index contributed by atoms with van der Waals surface area (Å²) in [7, 11) is -4.65. The maximum atomic E-state index is 14.5. The quantitative estimate of drug-likeness (QED) is 0.107. The molecule has 7 nitrogen and oxygen atoms in total. The zero-order valence-corrected chi connectivity index (χ0v) is 37.0. The molecule has 1 heterocycles. The van der Waals surface area contributed by atoms with Gasteiger partial charge in [-0.25, -0.2) is 4.98 Å². The molecule has 2 N–H and O–H groups in total. The number of allylic oxidation sites excluding steroid dienone is 1. The average molecular weight is 759 g/mol. The number of carbonyl (C=O) groups excluding carboxylic acids is 1. The molecule has 0 saturated carbocycles. The number of nitrogens with zero attached hydrogens (tertiary/aromatic N) is 1. The molecule has 5 atom stereocenters. The second-order valence-corrected chi connectivity index (χ2v) is 28.7. The Hall–Kier alpha value is -1.15. The van der Waals surface area contributed by atoms with Crippen LogP contribution in [0.5, 0.6) is 0 Å². The molecular formula is C38H68ClNO6SSi2. The molecule has 0 bridgehead atoms. The fraction of sp³-hybridized carbons (Fsp3) is 0.763. The molecule has 0 aliphatic heterocycles. The maximum Gasteiger partial charge on any atom is 0.305 e. The number of aromatic nitrogens is 1. The first-order valence-corrected chi connectivity index (χ1v) is 24.9. The van der Waals surface area contributed by atoms with Gasteiger partial charge in [-0.1, -0.05) is 92.5 Å². The second-order valence-electron chi connectivity index (χ2n) is 17.7. The van der Waals surface area contributed by atoms with Crippen LogP contribution in [0.2, 0.25) is 36.3 Å². The Bertz CT molecular complexity index is 1310. The summed E-state index contributed by atoms with van der Waals surface area (Å²) < 4.78 is 13.8. The van der Waals surface area contributed by atoms with Crippen LogP contribution >= 0.6 is 22.9 Å². The first kappa shape index (κ1) is 45.9. The highest BCUT2D eigenvalue weighted by Gasteiger charge is 2.49. The summed E-state index contributed by atoms with van der Waals surface area (Å²) in [5, 5.41) is 23.6. The number of carboxylic acids is 1. The average Bonchev–Trinajstić information content (AvgIpc) is 3.35. The predicted octanol–water partition coefficient (Wildman–Crippen LogP) is 11.0. The molecule has 0 fully saturated rings. The Morgan fingerprint density at radius 2 is 1.53 bits per heavy atom. The summed E-state index contributed by atoms with van der Waals surface area (Å²) in [5.41, 5.74) is 0.898. The van der Waals surface area contributed by atoms with Gasteiger partial charge >= 0.3 is 5.97 Å². The molecule has 282 valence electrons. The molecule has 0 amide bonds. The van der Waals surface area contributed by atoms with E-state index in [1.807, 2.05) is 39.2 Å². The zero-order chi connectivity index (χ0) is 38.3. The van der Waals surface area contributed by atoms with Crippen LogP contribution in [0.1, 0.15) is 119 Å². The minimum Gasteiger partial charge on any atom is -0.481 e. The molecule has 0 unspecified atom stereocenters. The maximum absolute atomic E-state index is 14.5. The van der Waals surface area contributed by atoms with E-state index in [9.17, 15) is 19.8 Å². The Labute approximate surface area is 309 Å². The molecular weight excluding hydrogens is 690 g/mol. The number of halogens is 1. The molecule has 49 heavy (non-hydrogen) atoms. The fourth-order valence-electron chi connectivity index (χ4n) is 5.34. The van der Waals surface area contributed by atoms with Crippen molar-refractivity contribution < 1.29 is 28.7 Å². The number of aliphatic carboxylic acids is 1. The molecule has 0 aromatic carbocycles. The number of ketones is 1. The van der Waals surface area contributed by atoms with E-state index in [2.05, 4.69) is 86.6 Å². The van der Waals surface area contributed by atoms with Crippen molar-refractivity contribution in [3.8, 4) is 0 Å².